The molecule has 2 aliphatic heterocycles. The first-order valence-electron chi connectivity index (χ1n) is 6.40. The van der Waals surface area contributed by atoms with Crippen LogP contribution in [0, 0.1) is 0 Å². The number of H-pyrrole nitrogens is 1. The Bertz CT molecular complexity index is 401. The highest BCUT2D eigenvalue weighted by atomic mass is 16.2. The van der Waals surface area contributed by atoms with Crippen molar-refractivity contribution < 1.29 is 4.79 Å². The van der Waals surface area contributed by atoms with Gasteiger partial charge in [-0.2, -0.15) is 0 Å². The summed E-state index contributed by atoms with van der Waals surface area (Å²) < 4.78 is 0. The number of likely N-dealkylation sites (tertiary alicyclic amines) is 1. The second-order valence-corrected chi connectivity index (χ2v) is 5.17. The molecule has 1 amide bonds. The lowest BCUT2D eigenvalue weighted by molar-refractivity contribution is 0.0735. The van der Waals surface area contributed by atoms with Gasteiger partial charge in [0.25, 0.3) is 5.91 Å². The minimum atomic E-state index is 0.149. The predicted octanol–water partition coefficient (Wildman–Crippen LogP) is 1.32. The van der Waals surface area contributed by atoms with E-state index in [0.29, 0.717) is 17.8 Å². The van der Waals surface area contributed by atoms with Gasteiger partial charge in [-0.1, -0.05) is 0 Å². The van der Waals surface area contributed by atoms with Crippen LogP contribution in [-0.2, 0) is 0 Å². The Morgan fingerprint density at radius 2 is 2.18 bits per heavy atom. The smallest absolute Gasteiger partial charge is 0.270 e. The van der Waals surface area contributed by atoms with Crippen LogP contribution in [0.1, 0.15) is 29.8 Å². The van der Waals surface area contributed by atoms with Crippen molar-refractivity contribution in [3.63, 3.8) is 0 Å². The fraction of sp³-hybridized carbons (Fsp3) is 0.615. The fourth-order valence-electron chi connectivity index (χ4n) is 3.13. The largest absolute Gasteiger partial charge is 0.357 e. The number of hydrogen-bond donors (Lipinski definition) is 1. The van der Waals surface area contributed by atoms with E-state index < -0.39 is 0 Å². The minimum absolute atomic E-state index is 0.149. The number of aromatic amines is 1. The molecule has 0 aliphatic carbocycles. The molecule has 2 atom stereocenters. The standard InChI is InChI=1S/C13H19N3O/c1-15-10-4-5-11(15)9-16(8-6-10)13(17)12-3-2-7-14-12/h2-3,7,10-11,14H,4-6,8-9H2,1H3/t10-,11+/m0/s1. The number of nitrogens with zero attached hydrogens (tertiary/aromatic N) is 2. The van der Waals surface area contributed by atoms with E-state index in [4.69, 9.17) is 0 Å². The first-order chi connectivity index (χ1) is 8.25. The van der Waals surface area contributed by atoms with Gasteiger partial charge in [0.1, 0.15) is 5.69 Å². The van der Waals surface area contributed by atoms with Gasteiger partial charge in [0.05, 0.1) is 0 Å². The third kappa shape index (κ3) is 1.86. The van der Waals surface area contributed by atoms with Crippen LogP contribution in [0.4, 0.5) is 0 Å². The maximum Gasteiger partial charge on any atom is 0.270 e. The van der Waals surface area contributed by atoms with Crippen molar-refractivity contribution in [2.45, 2.75) is 31.3 Å². The van der Waals surface area contributed by atoms with E-state index in [1.165, 1.54) is 12.8 Å². The summed E-state index contributed by atoms with van der Waals surface area (Å²) in [6.07, 6.45) is 5.45. The number of amides is 1. The number of carbonyl (C=O) groups excluding carboxylic acids is 1. The molecule has 4 nitrogen and oxygen atoms in total. The van der Waals surface area contributed by atoms with E-state index in [0.717, 1.165) is 19.5 Å². The van der Waals surface area contributed by atoms with Gasteiger partial charge in [-0.25, -0.2) is 0 Å². The maximum atomic E-state index is 12.3. The molecule has 17 heavy (non-hydrogen) atoms. The van der Waals surface area contributed by atoms with E-state index in [1.54, 1.807) is 0 Å². The quantitative estimate of drug-likeness (QED) is 0.794. The molecule has 2 bridgehead atoms. The van der Waals surface area contributed by atoms with E-state index >= 15 is 0 Å². The van der Waals surface area contributed by atoms with Gasteiger partial charge >= 0.3 is 0 Å². The lowest BCUT2D eigenvalue weighted by Crippen LogP contribution is -2.39. The Balaban J connectivity index is 1.75. The number of hydrogen-bond acceptors (Lipinski definition) is 2. The van der Waals surface area contributed by atoms with Crippen LogP contribution in [0.15, 0.2) is 18.3 Å². The first-order valence-corrected chi connectivity index (χ1v) is 6.40. The average Bonchev–Trinajstić information content (AvgIpc) is 2.88. The number of aromatic nitrogens is 1. The molecule has 0 aromatic carbocycles. The Morgan fingerprint density at radius 3 is 2.94 bits per heavy atom. The van der Waals surface area contributed by atoms with Gasteiger partial charge in [0, 0.05) is 31.4 Å². The van der Waals surface area contributed by atoms with Crippen LogP contribution in [0.25, 0.3) is 0 Å². The molecule has 2 saturated heterocycles. The van der Waals surface area contributed by atoms with Gasteiger partial charge in [-0.3, -0.25) is 9.69 Å². The number of nitrogens with one attached hydrogen (secondary N) is 1. The summed E-state index contributed by atoms with van der Waals surface area (Å²) in [6.45, 7) is 1.77. The monoisotopic (exact) mass is 233 g/mol. The Morgan fingerprint density at radius 1 is 1.35 bits per heavy atom. The lowest BCUT2D eigenvalue weighted by atomic mass is 10.1. The van der Waals surface area contributed by atoms with E-state index in [9.17, 15) is 4.79 Å². The number of carbonyl (C=O) groups is 1. The Labute approximate surface area is 102 Å². The van der Waals surface area contributed by atoms with Gasteiger partial charge in [-0.05, 0) is 38.4 Å². The topological polar surface area (TPSA) is 39.3 Å². The third-order valence-electron chi connectivity index (χ3n) is 4.26. The van der Waals surface area contributed by atoms with Crippen LogP contribution in [0.2, 0.25) is 0 Å². The molecule has 2 fully saturated rings. The van der Waals surface area contributed by atoms with Crippen molar-refractivity contribution in [3.05, 3.63) is 24.0 Å². The summed E-state index contributed by atoms with van der Waals surface area (Å²) in [6, 6.07) is 4.97. The van der Waals surface area contributed by atoms with Crippen molar-refractivity contribution in [2.75, 3.05) is 20.1 Å². The second-order valence-electron chi connectivity index (χ2n) is 5.17. The van der Waals surface area contributed by atoms with E-state index in [2.05, 4.69) is 16.9 Å². The zero-order chi connectivity index (χ0) is 11.8. The third-order valence-corrected chi connectivity index (χ3v) is 4.26. The Hall–Kier alpha value is -1.29. The summed E-state index contributed by atoms with van der Waals surface area (Å²) in [4.78, 5) is 19.7. The van der Waals surface area contributed by atoms with Crippen LogP contribution >= 0.6 is 0 Å². The molecule has 4 heteroatoms. The maximum absolute atomic E-state index is 12.3. The van der Waals surface area contributed by atoms with Crippen molar-refractivity contribution in [3.8, 4) is 0 Å². The second kappa shape index (κ2) is 4.18. The van der Waals surface area contributed by atoms with Crippen molar-refractivity contribution >= 4 is 5.91 Å². The molecule has 2 aliphatic rings. The van der Waals surface area contributed by atoms with Gasteiger partial charge in [0.2, 0.25) is 0 Å². The first kappa shape index (κ1) is 10.8. The number of rotatable bonds is 1. The molecular weight excluding hydrogens is 214 g/mol. The van der Waals surface area contributed by atoms with Gasteiger partial charge in [0.15, 0.2) is 0 Å². The molecular formula is C13H19N3O. The van der Waals surface area contributed by atoms with E-state index in [1.807, 2.05) is 23.2 Å². The normalized spacial score (nSPS) is 29.4. The summed E-state index contributed by atoms with van der Waals surface area (Å²) in [7, 11) is 2.20. The van der Waals surface area contributed by atoms with Crippen LogP contribution in [0.3, 0.4) is 0 Å². The lowest BCUT2D eigenvalue weighted by Gasteiger charge is -2.25. The summed E-state index contributed by atoms with van der Waals surface area (Å²) >= 11 is 0. The zero-order valence-electron chi connectivity index (χ0n) is 10.2. The average molecular weight is 233 g/mol. The number of fused-ring (bicyclic) bond motifs is 2. The highest BCUT2D eigenvalue weighted by Crippen LogP contribution is 2.28. The highest BCUT2D eigenvalue weighted by molar-refractivity contribution is 5.92. The van der Waals surface area contributed by atoms with Crippen LogP contribution in [0.5, 0.6) is 0 Å². The van der Waals surface area contributed by atoms with E-state index in [-0.39, 0.29) is 5.91 Å². The van der Waals surface area contributed by atoms with Crippen LogP contribution in [-0.4, -0.2) is 52.9 Å². The van der Waals surface area contributed by atoms with Gasteiger partial charge < -0.3 is 9.88 Å². The predicted molar refractivity (Wildman–Crippen MR) is 65.9 cm³/mol. The summed E-state index contributed by atoms with van der Waals surface area (Å²) in [5.41, 5.74) is 0.713. The molecule has 0 spiro atoms. The Kier molecular flexibility index (Phi) is 2.67. The highest BCUT2D eigenvalue weighted by Gasteiger charge is 2.36. The van der Waals surface area contributed by atoms with Gasteiger partial charge in [-0.15, -0.1) is 0 Å². The van der Waals surface area contributed by atoms with Crippen molar-refractivity contribution in [1.82, 2.24) is 14.8 Å². The minimum Gasteiger partial charge on any atom is -0.357 e. The summed E-state index contributed by atoms with van der Waals surface area (Å²) in [5, 5.41) is 0. The molecule has 1 N–H and O–H groups in total. The van der Waals surface area contributed by atoms with Crippen molar-refractivity contribution in [2.24, 2.45) is 0 Å². The van der Waals surface area contributed by atoms with Crippen molar-refractivity contribution in [1.29, 1.82) is 0 Å². The molecule has 0 saturated carbocycles. The molecule has 3 heterocycles. The van der Waals surface area contributed by atoms with Crippen LogP contribution < -0.4 is 0 Å². The molecule has 0 radical (unpaired) electrons. The molecule has 92 valence electrons. The summed E-state index contributed by atoms with van der Waals surface area (Å²) in [5.74, 6) is 0.149. The fourth-order valence-corrected chi connectivity index (χ4v) is 3.13. The number of likely N-dealkylation sites (N-methyl/N-ethyl adjacent to an activating group) is 1. The molecule has 0 unspecified atom stereocenters. The molecule has 1 aromatic rings. The molecule has 1 aromatic heterocycles. The molecule has 3 rings (SSSR count). The zero-order valence-corrected chi connectivity index (χ0v) is 10.2. The SMILES string of the molecule is CN1[C@H]2CC[C@@H]1CN(C(=O)c1ccc[nH]1)CC2.